The van der Waals surface area contributed by atoms with E-state index in [0.717, 1.165) is 20.1 Å². The summed E-state index contributed by atoms with van der Waals surface area (Å²) in [5.74, 6) is -5.49. The van der Waals surface area contributed by atoms with Crippen molar-refractivity contribution in [3.05, 3.63) is 53.1 Å². The van der Waals surface area contributed by atoms with Gasteiger partial charge in [0.25, 0.3) is 0 Å². The van der Waals surface area contributed by atoms with E-state index >= 15 is 0 Å². The third kappa shape index (κ3) is 3.60. The van der Waals surface area contributed by atoms with Gasteiger partial charge in [0.2, 0.25) is 5.82 Å². The molecule has 1 unspecified atom stereocenters. The van der Waals surface area contributed by atoms with E-state index in [-0.39, 0.29) is 22.6 Å². The summed E-state index contributed by atoms with van der Waals surface area (Å²) < 4.78 is 81.3. The molecule has 1 fully saturated rings. The van der Waals surface area contributed by atoms with E-state index < -0.39 is 59.8 Å². The molecule has 4 rings (SSSR count). The number of aliphatic hydroxyl groups is 2. The number of ether oxygens (including phenoxy) is 2. The smallest absolute Gasteiger partial charge is 0.417 e. The number of pyridine rings is 1. The third-order valence-corrected chi connectivity index (χ3v) is 6.52. The average molecular weight is 487 g/mol. The van der Waals surface area contributed by atoms with Crippen molar-refractivity contribution in [3.63, 3.8) is 0 Å². The topological polar surface area (TPSA) is 100 Å². The molecule has 0 radical (unpaired) electrons. The standard InChI is InChI=1S/C22H22F5N3O4/c1-9-14(10-4-5-11(23)15(24)18(10)33-3)19(34-21(9,2)22(25,26)27)20-29-12-6-7-28-17(13(32)8-31)16(12)30-20/h4-7,9,13-14,19,31-32H,8H2,1-3H3,(H,29,30)/t9-,13?,14-,19+,21+/m0/s1. The number of alkyl halides is 3. The van der Waals surface area contributed by atoms with Gasteiger partial charge in [0.1, 0.15) is 23.5 Å². The first kappa shape index (κ1) is 24.3. The lowest BCUT2D eigenvalue weighted by Gasteiger charge is -2.32. The van der Waals surface area contributed by atoms with Crippen LogP contribution in [-0.2, 0) is 4.74 Å². The summed E-state index contributed by atoms with van der Waals surface area (Å²) in [6, 6.07) is 3.48. The lowest BCUT2D eigenvalue weighted by molar-refractivity contribution is -0.275. The highest BCUT2D eigenvalue weighted by Gasteiger charge is 2.65. The molecule has 3 heterocycles. The van der Waals surface area contributed by atoms with Gasteiger partial charge < -0.3 is 24.7 Å². The van der Waals surface area contributed by atoms with Gasteiger partial charge in [0.05, 0.1) is 24.9 Å². The second-order valence-electron chi connectivity index (χ2n) is 8.35. The number of benzene rings is 1. The fraction of sp³-hybridized carbons (Fsp3) is 0.455. The Bertz CT molecular complexity index is 1220. The molecule has 0 aliphatic carbocycles. The predicted molar refractivity (Wildman–Crippen MR) is 109 cm³/mol. The highest BCUT2D eigenvalue weighted by atomic mass is 19.4. The Hall–Kier alpha value is -2.83. The third-order valence-electron chi connectivity index (χ3n) is 6.52. The summed E-state index contributed by atoms with van der Waals surface area (Å²) in [4.78, 5) is 11.2. The van der Waals surface area contributed by atoms with Gasteiger partial charge in [0, 0.05) is 23.6 Å². The molecule has 0 spiro atoms. The maximum atomic E-state index is 14.5. The molecule has 1 aliphatic rings. The van der Waals surface area contributed by atoms with Gasteiger partial charge >= 0.3 is 6.18 Å². The molecule has 7 nitrogen and oxygen atoms in total. The van der Waals surface area contributed by atoms with Crippen LogP contribution < -0.4 is 4.74 Å². The molecule has 12 heteroatoms. The number of methoxy groups -OCH3 is 1. The molecular formula is C22H22F5N3O4. The fourth-order valence-electron chi connectivity index (χ4n) is 4.49. The molecule has 0 saturated carbocycles. The predicted octanol–water partition coefficient (Wildman–Crippen LogP) is 4.08. The maximum Gasteiger partial charge on any atom is 0.417 e. The number of H-pyrrole nitrogens is 1. The number of hydrogen-bond acceptors (Lipinski definition) is 6. The summed E-state index contributed by atoms with van der Waals surface area (Å²) in [7, 11) is 1.09. The van der Waals surface area contributed by atoms with Crippen LogP contribution in [0.5, 0.6) is 5.75 Å². The van der Waals surface area contributed by atoms with Crippen LogP contribution in [0.2, 0.25) is 0 Å². The summed E-state index contributed by atoms with van der Waals surface area (Å²) in [5, 5.41) is 19.3. The van der Waals surface area contributed by atoms with Crippen molar-refractivity contribution in [2.45, 2.75) is 43.8 Å². The zero-order valence-electron chi connectivity index (χ0n) is 18.3. The Morgan fingerprint density at radius 2 is 1.97 bits per heavy atom. The molecule has 3 aromatic rings. The highest BCUT2D eigenvalue weighted by molar-refractivity contribution is 5.77. The van der Waals surface area contributed by atoms with Gasteiger partial charge in [-0.3, -0.25) is 4.98 Å². The minimum absolute atomic E-state index is 0.0129. The number of rotatable bonds is 5. The first-order valence-corrected chi connectivity index (χ1v) is 10.3. The molecule has 1 aromatic carbocycles. The molecule has 3 N–H and O–H groups in total. The lowest BCUT2D eigenvalue weighted by atomic mass is 9.77. The summed E-state index contributed by atoms with van der Waals surface area (Å²) in [6.07, 6.45) is -6.19. The van der Waals surface area contributed by atoms with Crippen LogP contribution in [0.25, 0.3) is 11.0 Å². The quantitative estimate of drug-likeness (QED) is 0.469. The van der Waals surface area contributed by atoms with E-state index in [4.69, 9.17) is 9.47 Å². The Balaban J connectivity index is 1.92. The summed E-state index contributed by atoms with van der Waals surface area (Å²) in [6.45, 7) is 1.55. The zero-order chi connectivity index (χ0) is 25.0. The monoisotopic (exact) mass is 487 g/mol. The Morgan fingerprint density at radius 1 is 1.26 bits per heavy atom. The minimum atomic E-state index is -4.79. The van der Waals surface area contributed by atoms with Crippen molar-refractivity contribution in [1.82, 2.24) is 15.0 Å². The zero-order valence-corrected chi connectivity index (χ0v) is 18.3. The van der Waals surface area contributed by atoms with Crippen molar-refractivity contribution in [3.8, 4) is 5.75 Å². The molecule has 1 saturated heterocycles. The van der Waals surface area contributed by atoms with Crippen molar-refractivity contribution in [1.29, 1.82) is 0 Å². The lowest BCUT2D eigenvalue weighted by Crippen LogP contribution is -2.46. The van der Waals surface area contributed by atoms with E-state index in [0.29, 0.717) is 5.52 Å². The number of nitrogens with zero attached hydrogens (tertiary/aromatic N) is 2. The Kier molecular flexibility index (Phi) is 6.03. The number of imidazole rings is 1. The van der Waals surface area contributed by atoms with Gasteiger partial charge in [-0.25, -0.2) is 9.37 Å². The van der Waals surface area contributed by atoms with E-state index in [9.17, 15) is 32.2 Å². The first-order chi connectivity index (χ1) is 15.9. The van der Waals surface area contributed by atoms with Crippen LogP contribution in [0.3, 0.4) is 0 Å². The second kappa shape index (κ2) is 8.43. The van der Waals surface area contributed by atoms with Gasteiger partial charge in [-0.15, -0.1) is 0 Å². The van der Waals surface area contributed by atoms with E-state index in [1.165, 1.54) is 25.3 Å². The SMILES string of the molecule is COc1c([C@H]2[C@H](c3nc4c(C(O)CO)nccc4[nH]3)O[C@@](C)(C(F)(F)F)[C@H]2C)ccc(F)c1F. The van der Waals surface area contributed by atoms with Crippen LogP contribution in [0, 0.1) is 17.6 Å². The van der Waals surface area contributed by atoms with Gasteiger partial charge in [-0.05, 0) is 19.1 Å². The maximum absolute atomic E-state index is 14.5. The number of aliphatic hydroxyl groups excluding tert-OH is 2. The van der Waals surface area contributed by atoms with Crippen LogP contribution in [0.4, 0.5) is 22.0 Å². The number of halogens is 5. The van der Waals surface area contributed by atoms with Gasteiger partial charge in [-0.1, -0.05) is 13.0 Å². The molecule has 0 bridgehead atoms. The minimum Gasteiger partial charge on any atom is -0.493 e. The normalized spacial score (nSPS) is 26.2. The fourth-order valence-corrected chi connectivity index (χ4v) is 4.49. The van der Waals surface area contributed by atoms with Crippen molar-refractivity contribution in [2.75, 3.05) is 13.7 Å². The van der Waals surface area contributed by atoms with Crippen molar-refractivity contribution in [2.24, 2.45) is 5.92 Å². The van der Waals surface area contributed by atoms with Crippen LogP contribution >= 0.6 is 0 Å². The molecule has 184 valence electrons. The van der Waals surface area contributed by atoms with E-state index in [1.807, 2.05) is 0 Å². The molecule has 5 atom stereocenters. The number of nitrogens with one attached hydrogen (secondary N) is 1. The van der Waals surface area contributed by atoms with Crippen LogP contribution in [-0.4, -0.2) is 50.7 Å². The highest BCUT2D eigenvalue weighted by Crippen LogP contribution is 2.59. The van der Waals surface area contributed by atoms with Gasteiger partial charge in [0.15, 0.2) is 17.2 Å². The number of aromatic nitrogens is 3. The number of fused-ring (bicyclic) bond motifs is 1. The van der Waals surface area contributed by atoms with Crippen molar-refractivity contribution < 1.29 is 41.6 Å². The molecule has 34 heavy (non-hydrogen) atoms. The van der Waals surface area contributed by atoms with E-state index in [1.54, 1.807) is 0 Å². The molecular weight excluding hydrogens is 465 g/mol. The van der Waals surface area contributed by atoms with Gasteiger partial charge in [-0.2, -0.15) is 17.6 Å². The van der Waals surface area contributed by atoms with Crippen LogP contribution in [0.15, 0.2) is 24.4 Å². The Morgan fingerprint density at radius 3 is 2.59 bits per heavy atom. The summed E-state index contributed by atoms with van der Waals surface area (Å²) in [5.41, 5.74) is -2.18. The van der Waals surface area contributed by atoms with Crippen molar-refractivity contribution >= 4 is 11.0 Å². The number of aromatic amines is 1. The second-order valence-corrected chi connectivity index (χ2v) is 8.35. The molecule has 0 amide bonds. The largest absolute Gasteiger partial charge is 0.493 e. The summed E-state index contributed by atoms with van der Waals surface area (Å²) >= 11 is 0. The first-order valence-electron chi connectivity index (χ1n) is 10.3. The average Bonchev–Trinajstić information content (AvgIpc) is 3.34. The molecule has 2 aromatic heterocycles. The molecule has 1 aliphatic heterocycles. The van der Waals surface area contributed by atoms with E-state index in [2.05, 4.69) is 15.0 Å². The van der Waals surface area contributed by atoms with Crippen LogP contribution in [0.1, 0.15) is 49.1 Å². The number of hydrogen-bond donors (Lipinski definition) is 3. The Labute approximate surface area is 190 Å².